The van der Waals surface area contributed by atoms with Crippen LogP contribution < -0.4 is 11.1 Å². The van der Waals surface area contributed by atoms with Crippen LogP contribution in [0.3, 0.4) is 0 Å². The Balaban J connectivity index is 1.99. The Hall–Kier alpha value is -2.10. The molecule has 0 spiro atoms. The second kappa shape index (κ2) is 7.07. The molecule has 0 aromatic carbocycles. The first-order valence-electron chi connectivity index (χ1n) is 6.72. The van der Waals surface area contributed by atoms with E-state index in [9.17, 15) is 4.79 Å². The number of nitrogens with one attached hydrogen (secondary N) is 1. The molecular weight excluding hydrogens is 284 g/mol. The second-order valence-electron chi connectivity index (χ2n) is 4.47. The Bertz CT molecular complexity index is 690. The second-order valence-corrected chi connectivity index (χ2v) is 5.64. The molecule has 110 valence electrons. The number of amides is 1. The molecule has 6 heteroatoms. The van der Waals surface area contributed by atoms with Crippen LogP contribution in [0.1, 0.15) is 32.7 Å². The van der Waals surface area contributed by atoms with Crippen molar-refractivity contribution in [3.63, 3.8) is 0 Å². The molecule has 0 bridgehead atoms. The summed E-state index contributed by atoms with van der Waals surface area (Å²) < 4.78 is 1.67. The van der Waals surface area contributed by atoms with Gasteiger partial charge in [0.2, 0.25) is 0 Å². The summed E-state index contributed by atoms with van der Waals surface area (Å²) in [6, 6.07) is 3.91. The topological polar surface area (TPSA) is 72.9 Å². The first kappa shape index (κ1) is 15.3. The maximum atomic E-state index is 12.2. The highest BCUT2D eigenvalue weighted by atomic mass is 32.1. The highest BCUT2D eigenvalue weighted by Gasteiger charge is 2.14. The highest BCUT2D eigenvalue weighted by Crippen LogP contribution is 2.15. The molecule has 2 rings (SSSR count). The van der Waals surface area contributed by atoms with Crippen LogP contribution in [0.15, 0.2) is 18.3 Å². The van der Waals surface area contributed by atoms with Crippen LogP contribution in [-0.4, -0.2) is 22.2 Å². The van der Waals surface area contributed by atoms with Gasteiger partial charge in [0, 0.05) is 18.1 Å². The summed E-state index contributed by atoms with van der Waals surface area (Å²) in [5.41, 5.74) is 6.80. The van der Waals surface area contributed by atoms with Crippen molar-refractivity contribution < 1.29 is 4.79 Å². The molecule has 0 atom stereocenters. The normalized spacial score (nSPS) is 10.0. The number of thiophene rings is 1. The molecule has 3 N–H and O–H groups in total. The van der Waals surface area contributed by atoms with E-state index in [0.29, 0.717) is 18.7 Å². The summed E-state index contributed by atoms with van der Waals surface area (Å²) in [4.78, 5) is 14.2. The zero-order chi connectivity index (χ0) is 15.2. The maximum absolute atomic E-state index is 12.2. The molecule has 0 radical (unpaired) electrons. The number of nitrogens with zero attached hydrogens (tertiary/aromatic N) is 2. The van der Waals surface area contributed by atoms with Crippen molar-refractivity contribution in [2.45, 2.75) is 19.9 Å². The monoisotopic (exact) mass is 302 g/mol. The van der Waals surface area contributed by atoms with Gasteiger partial charge in [0.25, 0.3) is 5.91 Å². The van der Waals surface area contributed by atoms with Gasteiger partial charge in [-0.3, -0.25) is 9.48 Å². The largest absolute Gasteiger partial charge is 0.347 e. The summed E-state index contributed by atoms with van der Waals surface area (Å²) in [5.74, 6) is 5.70. The van der Waals surface area contributed by atoms with E-state index in [-0.39, 0.29) is 5.91 Å². The van der Waals surface area contributed by atoms with E-state index >= 15 is 0 Å². The fourth-order valence-electron chi connectivity index (χ4n) is 1.93. The SMILES string of the molecule is CCc1nn(C)cc1C(=O)NCc1ccc(C#CCN)s1. The van der Waals surface area contributed by atoms with Crippen LogP contribution >= 0.6 is 11.3 Å². The first-order chi connectivity index (χ1) is 10.1. The van der Waals surface area contributed by atoms with E-state index in [1.165, 1.54) is 0 Å². The quantitative estimate of drug-likeness (QED) is 0.836. The van der Waals surface area contributed by atoms with Crippen LogP contribution in [0, 0.1) is 11.8 Å². The maximum Gasteiger partial charge on any atom is 0.255 e. The van der Waals surface area contributed by atoms with Crippen molar-refractivity contribution in [3.05, 3.63) is 39.3 Å². The summed E-state index contributed by atoms with van der Waals surface area (Å²) in [7, 11) is 1.82. The molecule has 0 unspecified atom stereocenters. The smallest absolute Gasteiger partial charge is 0.255 e. The fraction of sp³-hybridized carbons (Fsp3) is 0.333. The van der Waals surface area contributed by atoms with Crippen LogP contribution in [0.4, 0.5) is 0 Å². The van der Waals surface area contributed by atoms with Gasteiger partial charge in [0.05, 0.1) is 29.2 Å². The minimum absolute atomic E-state index is 0.0945. The molecule has 0 aliphatic heterocycles. The van der Waals surface area contributed by atoms with Crippen LogP contribution in [0.25, 0.3) is 0 Å². The molecule has 0 aliphatic carbocycles. The minimum atomic E-state index is -0.0945. The van der Waals surface area contributed by atoms with Crippen molar-refractivity contribution in [1.82, 2.24) is 15.1 Å². The molecule has 2 aromatic heterocycles. The lowest BCUT2D eigenvalue weighted by atomic mass is 10.2. The Kier molecular flexibility index (Phi) is 5.14. The van der Waals surface area contributed by atoms with Gasteiger partial charge < -0.3 is 11.1 Å². The van der Waals surface area contributed by atoms with Crippen LogP contribution in [-0.2, 0) is 20.0 Å². The number of hydrogen-bond donors (Lipinski definition) is 2. The number of rotatable bonds is 4. The van der Waals surface area contributed by atoms with Crippen LogP contribution in [0.2, 0.25) is 0 Å². The van der Waals surface area contributed by atoms with E-state index < -0.39 is 0 Å². The molecule has 5 nitrogen and oxygen atoms in total. The van der Waals surface area contributed by atoms with Gasteiger partial charge in [-0.05, 0) is 18.6 Å². The van der Waals surface area contributed by atoms with Crippen molar-refractivity contribution in [3.8, 4) is 11.8 Å². The van der Waals surface area contributed by atoms with Gasteiger partial charge in [0.15, 0.2) is 0 Å². The standard InChI is InChI=1S/C15H18N4OS/c1-3-14-13(10-19(2)18-14)15(20)17-9-12-7-6-11(21-12)5-4-8-16/h6-7,10H,3,8-9,16H2,1-2H3,(H,17,20). The average Bonchev–Trinajstić information content (AvgIpc) is 3.08. The summed E-state index contributed by atoms with van der Waals surface area (Å²) in [5, 5.41) is 7.19. The van der Waals surface area contributed by atoms with E-state index in [1.54, 1.807) is 22.2 Å². The number of aromatic nitrogens is 2. The molecule has 0 fully saturated rings. The van der Waals surface area contributed by atoms with Crippen molar-refractivity contribution in [1.29, 1.82) is 0 Å². The van der Waals surface area contributed by atoms with E-state index in [2.05, 4.69) is 22.3 Å². The Morgan fingerprint density at radius 1 is 1.52 bits per heavy atom. The van der Waals surface area contributed by atoms with Crippen molar-refractivity contribution in [2.75, 3.05) is 6.54 Å². The third-order valence-electron chi connectivity index (χ3n) is 2.88. The number of aryl methyl sites for hydroxylation is 2. The third kappa shape index (κ3) is 3.94. The predicted molar refractivity (Wildman–Crippen MR) is 84.0 cm³/mol. The zero-order valence-electron chi connectivity index (χ0n) is 12.1. The van der Waals surface area contributed by atoms with Gasteiger partial charge in [-0.25, -0.2) is 0 Å². The predicted octanol–water partition coefficient (Wildman–Crippen LogP) is 1.28. The van der Waals surface area contributed by atoms with Gasteiger partial charge in [-0.1, -0.05) is 18.8 Å². The molecule has 2 aromatic rings. The van der Waals surface area contributed by atoms with Crippen LogP contribution in [0.5, 0.6) is 0 Å². The number of carbonyl (C=O) groups excluding carboxylic acids is 1. The third-order valence-corrected chi connectivity index (χ3v) is 3.88. The van der Waals surface area contributed by atoms with Gasteiger partial charge in [-0.2, -0.15) is 5.10 Å². The van der Waals surface area contributed by atoms with E-state index in [0.717, 1.165) is 21.9 Å². The van der Waals surface area contributed by atoms with E-state index in [4.69, 9.17) is 5.73 Å². The lowest BCUT2D eigenvalue weighted by Gasteiger charge is -2.02. The molecule has 0 saturated heterocycles. The Morgan fingerprint density at radius 3 is 3.05 bits per heavy atom. The number of nitrogens with two attached hydrogens (primary N) is 1. The molecule has 1 amide bonds. The molecule has 0 saturated carbocycles. The number of carbonyl (C=O) groups is 1. The first-order valence-corrected chi connectivity index (χ1v) is 7.54. The lowest BCUT2D eigenvalue weighted by Crippen LogP contribution is -2.22. The van der Waals surface area contributed by atoms with Gasteiger partial charge in [0.1, 0.15) is 0 Å². The van der Waals surface area contributed by atoms with Crippen molar-refractivity contribution in [2.24, 2.45) is 12.8 Å². The van der Waals surface area contributed by atoms with E-state index in [1.807, 2.05) is 26.1 Å². The Morgan fingerprint density at radius 2 is 2.33 bits per heavy atom. The molecular formula is C15H18N4OS. The van der Waals surface area contributed by atoms with Crippen molar-refractivity contribution >= 4 is 17.2 Å². The highest BCUT2D eigenvalue weighted by molar-refractivity contribution is 7.12. The number of hydrogen-bond acceptors (Lipinski definition) is 4. The molecule has 0 aliphatic rings. The summed E-state index contributed by atoms with van der Waals surface area (Å²) >= 11 is 1.56. The zero-order valence-corrected chi connectivity index (χ0v) is 13.0. The van der Waals surface area contributed by atoms with Gasteiger partial charge in [-0.15, -0.1) is 11.3 Å². The molecule has 2 heterocycles. The Labute approximate surface area is 128 Å². The van der Waals surface area contributed by atoms with Gasteiger partial charge >= 0.3 is 0 Å². The lowest BCUT2D eigenvalue weighted by molar-refractivity contribution is 0.0950. The average molecular weight is 302 g/mol. The summed E-state index contributed by atoms with van der Waals surface area (Å²) in [6.07, 6.45) is 2.49. The molecule has 21 heavy (non-hydrogen) atoms. The minimum Gasteiger partial charge on any atom is -0.347 e. The fourth-order valence-corrected chi connectivity index (χ4v) is 2.75. The summed E-state index contributed by atoms with van der Waals surface area (Å²) in [6.45, 7) is 2.83.